The van der Waals surface area contributed by atoms with Crippen molar-refractivity contribution in [1.82, 2.24) is 30.0 Å². The molecule has 2 aromatic rings. The van der Waals surface area contributed by atoms with Crippen LogP contribution in [0.4, 0.5) is 0 Å². The van der Waals surface area contributed by atoms with Gasteiger partial charge in [0, 0.05) is 62.4 Å². The first-order chi connectivity index (χ1) is 14.3. The lowest BCUT2D eigenvalue weighted by molar-refractivity contribution is -0.132. The van der Waals surface area contributed by atoms with Gasteiger partial charge in [-0.2, -0.15) is 5.10 Å². The van der Waals surface area contributed by atoms with Crippen LogP contribution in [0.2, 0.25) is 0 Å². The Balaban J connectivity index is 1.20. The van der Waals surface area contributed by atoms with Gasteiger partial charge in [0.25, 0.3) is 0 Å². The Hall–Kier alpha value is -2.28. The summed E-state index contributed by atoms with van der Waals surface area (Å²) in [4.78, 5) is 24.3. The lowest BCUT2D eigenvalue weighted by Crippen LogP contribution is -2.37. The van der Waals surface area contributed by atoms with E-state index >= 15 is 0 Å². The summed E-state index contributed by atoms with van der Waals surface area (Å²) < 4.78 is 2.05. The van der Waals surface area contributed by atoms with Crippen molar-refractivity contribution in [1.29, 1.82) is 0 Å². The highest BCUT2D eigenvalue weighted by molar-refractivity contribution is 5.76. The predicted octanol–water partition coefficient (Wildman–Crippen LogP) is 1.99. The van der Waals surface area contributed by atoms with E-state index in [1.54, 1.807) is 0 Å². The number of rotatable bonds is 4. The minimum absolute atomic E-state index is 0.205. The number of amides is 1. The first-order valence-electron chi connectivity index (χ1n) is 11.1. The monoisotopic (exact) mass is 394 g/mol. The summed E-state index contributed by atoms with van der Waals surface area (Å²) in [5.74, 6) is 1.60. The maximum Gasteiger partial charge on any atom is 0.224 e. The van der Waals surface area contributed by atoms with Crippen LogP contribution in [-0.2, 0) is 37.1 Å². The summed E-state index contributed by atoms with van der Waals surface area (Å²) in [7, 11) is 0. The molecule has 1 atom stereocenters. The Bertz CT molecular complexity index is 885. The summed E-state index contributed by atoms with van der Waals surface area (Å²) in [5.41, 5.74) is 4.95. The van der Waals surface area contributed by atoms with Gasteiger partial charge in [-0.05, 0) is 50.6 Å². The lowest BCUT2D eigenvalue weighted by atomic mass is 9.98. The van der Waals surface area contributed by atoms with Gasteiger partial charge >= 0.3 is 0 Å². The zero-order valence-electron chi connectivity index (χ0n) is 17.1. The molecule has 2 aliphatic heterocycles. The Morgan fingerprint density at radius 2 is 2.07 bits per heavy atom. The van der Waals surface area contributed by atoms with Gasteiger partial charge in [-0.15, -0.1) is 0 Å². The summed E-state index contributed by atoms with van der Waals surface area (Å²) in [5, 5.41) is 7.97. The van der Waals surface area contributed by atoms with E-state index in [1.807, 2.05) is 17.3 Å². The minimum Gasteiger partial charge on any atom is -0.338 e. The summed E-state index contributed by atoms with van der Waals surface area (Å²) in [6, 6.07) is 0. The summed E-state index contributed by atoms with van der Waals surface area (Å²) in [6.07, 6.45) is 12.3. The molecule has 0 saturated carbocycles. The average molecular weight is 395 g/mol. The van der Waals surface area contributed by atoms with Gasteiger partial charge in [-0.3, -0.25) is 9.48 Å². The van der Waals surface area contributed by atoms with Crippen LogP contribution < -0.4 is 5.32 Å². The highest BCUT2D eigenvalue weighted by Gasteiger charge is 2.25. The number of carbonyl (C=O) groups excluding carboxylic acids is 1. The SMILES string of the molecule is O=C(CCn1ncc2c1CCCC2)N1CCc2nc(C3CCCNC3)ncc2C1. The Morgan fingerprint density at radius 1 is 1.14 bits per heavy atom. The predicted molar refractivity (Wildman–Crippen MR) is 109 cm³/mol. The van der Waals surface area contributed by atoms with Crippen LogP contribution in [0.3, 0.4) is 0 Å². The molecular weight excluding hydrogens is 364 g/mol. The Morgan fingerprint density at radius 3 is 2.97 bits per heavy atom. The first-order valence-corrected chi connectivity index (χ1v) is 11.1. The van der Waals surface area contributed by atoms with E-state index in [1.165, 1.54) is 30.5 Å². The van der Waals surface area contributed by atoms with Crippen molar-refractivity contribution >= 4 is 5.91 Å². The average Bonchev–Trinajstić information content (AvgIpc) is 3.20. The molecule has 1 saturated heterocycles. The fraction of sp³-hybridized carbons (Fsp3) is 0.636. The number of hydrogen-bond donors (Lipinski definition) is 1. The van der Waals surface area contributed by atoms with E-state index in [2.05, 4.69) is 20.1 Å². The van der Waals surface area contributed by atoms with Crippen LogP contribution in [0.25, 0.3) is 0 Å². The number of aromatic nitrogens is 4. The van der Waals surface area contributed by atoms with Crippen molar-refractivity contribution in [2.24, 2.45) is 0 Å². The number of nitrogens with one attached hydrogen (secondary N) is 1. The zero-order chi connectivity index (χ0) is 19.6. The van der Waals surface area contributed by atoms with Crippen LogP contribution >= 0.6 is 0 Å². The van der Waals surface area contributed by atoms with Gasteiger partial charge in [-0.1, -0.05) is 0 Å². The molecule has 0 spiro atoms. The molecule has 4 heterocycles. The van der Waals surface area contributed by atoms with Crippen LogP contribution in [-0.4, -0.2) is 50.2 Å². The molecule has 7 heteroatoms. The molecule has 7 nitrogen and oxygen atoms in total. The van der Waals surface area contributed by atoms with Crippen molar-refractivity contribution in [3.8, 4) is 0 Å². The lowest BCUT2D eigenvalue weighted by Gasteiger charge is -2.29. The molecule has 1 amide bonds. The maximum atomic E-state index is 12.8. The molecular formula is C22H30N6O. The third-order valence-corrected chi connectivity index (χ3v) is 6.65. The Kier molecular flexibility index (Phi) is 5.31. The van der Waals surface area contributed by atoms with Gasteiger partial charge < -0.3 is 10.2 Å². The molecule has 0 bridgehead atoms. The van der Waals surface area contributed by atoms with Crippen molar-refractivity contribution < 1.29 is 4.79 Å². The topological polar surface area (TPSA) is 75.9 Å². The normalized spacial score (nSPS) is 21.5. The minimum atomic E-state index is 0.205. The number of carbonyl (C=O) groups is 1. The quantitative estimate of drug-likeness (QED) is 0.858. The van der Waals surface area contributed by atoms with E-state index in [0.29, 0.717) is 25.4 Å². The second-order valence-electron chi connectivity index (χ2n) is 8.61. The number of hydrogen-bond acceptors (Lipinski definition) is 5. The second-order valence-corrected chi connectivity index (χ2v) is 8.61. The molecule has 2 aromatic heterocycles. The number of fused-ring (bicyclic) bond motifs is 2. The zero-order valence-corrected chi connectivity index (χ0v) is 17.1. The third kappa shape index (κ3) is 3.92. The van der Waals surface area contributed by atoms with Crippen molar-refractivity contribution in [3.63, 3.8) is 0 Å². The van der Waals surface area contributed by atoms with E-state index in [0.717, 1.165) is 62.4 Å². The highest BCUT2D eigenvalue weighted by Crippen LogP contribution is 2.24. The molecule has 154 valence electrons. The van der Waals surface area contributed by atoms with Crippen LogP contribution in [0.5, 0.6) is 0 Å². The first kappa shape index (κ1) is 18.7. The van der Waals surface area contributed by atoms with Crippen LogP contribution in [0, 0.1) is 0 Å². The van der Waals surface area contributed by atoms with E-state index in [9.17, 15) is 4.79 Å². The van der Waals surface area contributed by atoms with Crippen molar-refractivity contribution in [2.45, 2.75) is 70.4 Å². The van der Waals surface area contributed by atoms with Gasteiger partial charge in [0.1, 0.15) is 5.82 Å². The van der Waals surface area contributed by atoms with Crippen LogP contribution in [0.1, 0.15) is 66.4 Å². The molecule has 0 radical (unpaired) electrons. The molecule has 1 unspecified atom stereocenters. The van der Waals surface area contributed by atoms with Crippen molar-refractivity contribution in [3.05, 3.63) is 40.7 Å². The standard InChI is InChI=1S/C22H30N6O/c29-21(8-11-28-20-6-2-1-4-16(20)14-25-28)27-10-7-19-18(15-27)13-24-22(26-19)17-5-3-9-23-12-17/h13-14,17,23H,1-12,15H2. The molecule has 1 aliphatic carbocycles. The fourth-order valence-corrected chi connectivity index (χ4v) is 4.92. The van der Waals surface area contributed by atoms with Gasteiger partial charge in [0.05, 0.1) is 11.9 Å². The number of piperidine rings is 1. The second kappa shape index (κ2) is 8.22. The maximum absolute atomic E-state index is 12.8. The third-order valence-electron chi connectivity index (χ3n) is 6.65. The fourth-order valence-electron chi connectivity index (χ4n) is 4.92. The van der Waals surface area contributed by atoms with E-state index in [-0.39, 0.29) is 5.91 Å². The Labute approximate surface area is 171 Å². The van der Waals surface area contributed by atoms with E-state index in [4.69, 9.17) is 4.98 Å². The molecule has 29 heavy (non-hydrogen) atoms. The summed E-state index contributed by atoms with van der Waals surface area (Å²) >= 11 is 0. The molecule has 1 fully saturated rings. The van der Waals surface area contributed by atoms with Gasteiger partial charge in [0.2, 0.25) is 5.91 Å². The summed E-state index contributed by atoms with van der Waals surface area (Å²) in [6.45, 7) is 4.14. The smallest absolute Gasteiger partial charge is 0.224 e. The van der Waals surface area contributed by atoms with E-state index < -0.39 is 0 Å². The molecule has 1 N–H and O–H groups in total. The van der Waals surface area contributed by atoms with Crippen LogP contribution in [0.15, 0.2) is 12.4 Å². The molecule has 0 aromatic carbocycles. The van der Waals surface area contributed by atoms with Gasteiger partial charge in [-0.25, -0.2) is 9.97 Å². The van der Waals surface area contributed by atoms with Crippen molar-refractivity contribution in [2.75, 3.05) is 19.6 Å². The number of nitrogens with zero attached hydrogens (tertiary/aromatic N) is 5. The largest absolute Gasteiger partial charge is 0.338 e. The molecule has 5 rings (SSSR count). The molecule has 3 aliphatic rings. The number of aryl methyl sites for hydroxylation is 2. The van der Waals surface area contributed by atoms with Gasteiger partial charge in [0.15, 0.2) is 0 Å². The highest BCUT2D eigenvalue weighted by atomic mass is 16.2.